The van der Waals surface area contributed by atoms with E-state index in [-0.39, 0.29) is 35.8 Å². The molecule has 1 amide bonds. The molecule has 0 rings (SSSR count). The number of nitrogens with one attached hydrogen (secondary N) is 1. The molecule has 35 heteroatoms. The van der Waals surface area contributed by atoms with Crippen molar-refractivity contribution in [1.29, 1.82) is 0 Å². The molecule has 0 unspecified atom stereocenters. The van der Waals surface area contributed by atoms with Gasteiger partial charge in [0.25, 0.3) is 0 Å². The second-order valence-electron chi connectivity index (χ2n) is 12.8. The fourth-order valence-corrected chi connectivity index (χ4v) is 4.97. The van der Waals surface area contributed by atoms with E-state index in [1.807, 2.05) is 5.32 Å². The first-order valence-electron chi connectivity index (χ1n) is 14.6. The van der Waals surface area contributed by atoms with Gasteiger partial charge < -0.3 is 14.9 Å². The van der Waals surface area contributed by atoms with Crippen molar-refractivity contribution in [1.82, 2.24) is 5.32 Å². The number of amides is 1. The molecule has 0 bridgehead atoms. The molecule has 0 aromatic rings. The fraction of sp³-hybridized carbons (Fsp3) is 0.920. The number of aliphatic carboxylic acids is 1. The Morgan fingerprint density at radius 1 is 0.483 bits per heavy atom. The lowest BCUT2D eigenvalue weighted by Crippen LogP contribution is -2.79. The Bertz CT molecular complexity index is 1530. The van der Waals surface area contributed by atoms with E-state index in [0.29, 0.717) is 0 Å². The lowest BCUT2D eigenvalue weighted by atomic mass is 9.83. The number of hydrogen-bond acceptors (Lipinski definition) is 3. The van der Waals surface area contributed by atoms with Crippen LogP contribution in [0.5, 0.6) is 0 Å². The zero-order valence-corrected chi connectivity index (χ0v) is 29.3. The number of carboxylic acid groups (broad SMARTS) is 1. The number of thioether (sulfide) groups is 1. The average Bonchev–Trinajstić information content (AvgIpc) is 3.02. The van der Waals surface area contributed by atoms with Crippen LogP contribution < -0.4 is 5.32 Å². The second-order valence-corrected chi connectivity index (χ2v) is 13.9. The number of likely N-dealkylation sites (N-methyl/N-ethyl adjacent to an activating group) is 1. The van der Waals surface area contributed by atoms with E-state index in [4.69, 9.17) is 5.11 Å². The molecule has 0 aromatic carbocycles. The number of carbonyl (C=O) groups is 2. The summed E-state index contributed by atoms with van der Waals surface area (Å²) in [7, 11) is 2.80. The van der Waals surface area contributed by atoms with Crippen molar-refractivity contribution < 1.29 is 147 Å². The van der Waals surface area contributed by atoms with E-state index in [9.17, 15) is 137 Å². The minimum atomic E-state index is -9.97. The molecule has 0 atom stereocenters. The molecular formula is C25H22F29N2O3S+. The molecule has 0 heterocycles. The van der Waals surface area contributed by atoms with Crippen LogP contribution in [0.4, 0.5) is 127 Å². The Labute approximate surface area is 317 Å². The maximum absolute atomic E-state index is 14.1. The summed E-state index contributed by atoms with van der Waals surface area (Å²) in [6.07, 6.45) is -11.3. The summed E-state index contributed by atoms with van der Waals surface area (Å²) in [4.78, 5) is 22.5. The summed E-state index contributed by atoms with van der Waals surface area (Å²) in [6.45, 7) is -0.700. The second kappa shape index (κ2) is 16.4. The molecule has 0 saturated carbocycles. The quantitative estimate of drug-likeness (QED) is 0.0609. The van der Waals surface area contributed by atoms with Crippen LogP contribution in [0.1, 0.15) is 12.8 Å². The lowest BCUT2D eigenvalue weighted by molar-refractivity contribution is -0.883. The van der Waals surface area contributed by atoms with Crippen LogP contribution in [-0.4, -0.2) is 150 Å². The summed E-state index contributed by atoms with van der Waals surface area (Å²) < 4.78 is 396. The van der Waals surface area contributed by atoms with Gasteiger partial charge in [-0.25, -0.2) is 4.79 Å². The van der Waals surface area contributed by atoms with Crippen LogP contribution in [0, 0.1) is 0 Å². The third-order valence-corrected chi connectivity index (χ3v) is 8.73. The molecule has 0 radical (unpaired) electrons. The molecule has 0 spiro atoms. The molecule has 2 N–H and O–H groups in total. The largest absolute Gasteiger partial charge is 0.477 e. The van der Waals surface area contributed by atoms with Gasteiger partial charge in [-0.15, -0.1) is 0 Å². The minimum absolute atomic E-state index is 0.00580. The van der Waals surface area contributed by atoms with Gasteiger partial charge in [-0.1, -0.05) is 0 Å². The zero-order chi connectivity index (χ0) is 49.0. The number of hydrogen-bond donors (Lipinski definition) is 2. The molecular weight excluding hydrogens is 959 g/mol. The van der Waals surface area contributed by atoms with Gasteiger partial charge in [-0.3, -0.25) is 4.79 Å². The Balaban J connectivity index is 6.64. The summed E-state index contributed by atoms with van der Waals surface area (Å²) >= 11 is -0.300. The standard InChI is InChI=1S/C25H21F29N2O3S/c1-56(2,8-11(58)59)6-3-5-55-10(57)9-60-7-4-12(26,27)13(28,29)14(30,31)15(32,33)16(34,35)17(36,37)18(38,39)19(40,41)20(42,43)21(44,45)22(46,47)23(48,49)24(50,51)25(52,53)54/h3-9H2,1-2H3,(H-,55,57,58,59)/p+1. The number of quaternary nitrogens is 1. The maximum Gasteiger partial charge on any atom is 0.460 e. The van der Waals surface area contributed by atoms with Crippen LogP contribution in [0.25, 0.3) is 0 Å². The Hall–Kier alpha value is -2.78. The van der Waals surface area contributed by atoms with E-state index in [1.54, 1.807) is 0 Å². The van der Waals surface area contributed by atoms with E-state index in [0.717, 1.165) is 0 Å². The normalized spacial score (nSPS) is 16.0. The van der Waals surface area contributed by atoms with Crippen molar-refractivity contribution in [2.75, 3.05) is 45.2 Å². The predicted octanol–water partition coefficient (Wildman–Crippen LogP) is 9.60. The zero-order valence-electron chi connectivity index (χ0n) is 28.5. The van der Waals surface area contributed by atoms with Crippen molar-refractivity contribution in [3.05, 3.63) is 0 Å². The highest BCUT2D eigenvalue weighted by atomic mass is 32.2. The van der Waals surface area contributed by atoms with Gasteiger partial charge in [0, 0.05) is 19.4 Å². The topological polar surface area (TPSA) is 66.4 Å². The number of halogens is 29. The molecule has 0 aliphatic heterocycles. The minimum Gasteiger partial charge on any atom is -0.477 e. The molecule has 0 saturated heterocycles. The molecule has 5 nitrogen and oxygen atoms in total. The number of alkyl halides is 29. The number of rotatable bonds is 23. The summed E-state index contributed by atoms with van der Waals surface area (Å²) in [5, 5.41) is 10.8. The van der Waals surface area contributed by atoms with Crippen LogP contribution in [0.3, 0.4) is 0 Å². The van der Waals surface area contributed by atoms with Gasteiger partial charge in [0.15, 0.2) is 6.54 Å². The fourth-order valence-electron chi connectivity index (χ4n) is 4.13. The monoisotopic (exact) mass is 981 g/mol. The Morgan fingerprint density at radius 2 is 0.767 bits per heavy atom. The smallest absolute Gasteiger partial charge is 0.460 e. The first kappa shape index (κ1) is 57.2. The number of carbonyl (C=O) groups excluding carboxylic acids is 1. The SMILES string of the molecule is C[N+](C)(CCCNC(=O)CSCCC(F)(F)C(F)(F)C(F)(F)C(F)(F)C(F)(F)C(F)(F)C(F)(F)C(F)(F)C(F)(F)C(F)(F)C(F)(F)C(F)(F)C(F)(F)C(F)(F)F)CC(=O)O. The third-order valence-electron chi connectivity index (χ3n) is 7.77. The highest BCUT2D eigenvalue weighted by Gasteiger charge is 3.00. The molecule has 358 valence electrons. The van der Waals surface area contributed by atoms with Gasteiger partial charge in [0.1, 0.15) is 0 Å². The van der Waals surface area contributed by atoms with Crippen LogP contribution in [0.2, 0.25) is 0 Å². The average molecular weight is 981 g/mol. The third kappa shape index (κ3) is 8.88. The van der Waals surface area contributed by atoms with Gasteiger partial charge in [-0.05, 0) is 5.75 Å². The first-order valence-corrected chi connectivity index (χ1v) is 15.8. The van der Waals surface area contributed by atoms with Crippen LogP contribution >= 0.6 is 11.8 Å². The van der Waals surface area contributed by atoms with Crippen molar-refractivity contribution in [3.8, 4) is 0 Å². The number of nitrogens with zero attached hydrogens (tertiary/aromatic N) is 1. The van der Waals surface area contributed by atoms with Gasteiger partial charge in [0.05, 0.1) is 26.4 Å². The van der Waals surface area contributed by atoms with Gasteiger partial charge in [-0.2, -0.15) is 139 Å². The predicted molar refractivity (Wildman–Crippen MR) is 139 cm³/mol. The Morgan fingerprint density at radius 3 is 1.05 bits per heavy atom. The number of carboxylic acids is 1. The van der Waals surface area contributed by atoms with Crippen molar-refractivity contribution in [2.24, 2.45) is 0 Å². The maximum atomic E-state index is 14.1. The van der Waals surface area contributed by atoms with Gasteiger partial charge in [0.2, 0.25) is 5.91 Å². The highest BCUT2D eigenvalue weighted by molar-refractivity contribution is 7.99. The summed E-state index contributed by atoms with van der Waals surface area (Å²) in [6, 6.07) is 0. The molecule has 0 aliphatic carbocycles. The van der Waals surface area contributed by atoms with E-state index >= 15 is 0 Å². The lowest BCUT2D eigenvalue weighted by Gasteiger charge is -2.46. The first-order chi connectivity index (χ1) is 25.8. The highest BCUT2D eigenvalue weighted by Crippen LogP contribution is 2.69. The molecule has 0 fully saturated rings. The van der Waals surface area contributed by atoms with E-state index in [2.05, 4.69) is 0 Å². The van der Waals surface area contributed by atoms with Crippen molar-refractivity contribution >= 4 is 23.6 Å². The van der Waals surface area contributed by atoms with Crippen molar-refractivity contribution in [3.63, 3.8) is 0 Å². The van der Waals surface area contributed by atoms with Crippen LogP contribution in [-0.2, 0) is 9.59 Å². The molecule has 0 aromatic heterocycles. The van der Waals surface area contributed by atoms with Crippen LogP contribution in [0.15, 0.2) is 0 Å². The summed E-state index contributed by atoms with van der Waals surface area (Å²) in [5.41, 5.74) is 0. The molecule has 60 heavy (non-hydrogen) atoms. The molecule has 0 aliphatic rings. The summed E-state index contributed by atoms with van der Waals surface area (Å²) in [5.74, 6) is -126. The van der Waals surface area contributed by atoms with Gasteiger partial charge >= 0.3 is 89.1 Å². The Kier molecular flexibility index (Phi) is 15.6. The van der Waals surface area contributed by atoms with E-state index in [1.165, 1.54) is 14.1 Å². The van der Waals surface area contributed by atoms with E-state index < -0.39 is 120 Å². The van der Waals surface area contributed by atoms with Crippen molar-refractivity contribution in [2.45, 2.75) is 96.0 Å².